The summed E-state index contributed by atoms with van der Waals surface area (Å²) in [5.74, 6) is -0.596. The molecule has 10 heteroatoms. The van der Waals surface area contributed by atoms with Crippen molar-refractivity contribution in [1.29, 1.82) is 0 Å². The van der Waals surface area contributed by atoms with Crippen molar-refractivity contribution in [2.24, 2.45) is 0 Å². The van der Waals surface area contributed by atoms with Crippen molar-refractivity contribution in [3.8, 4) is 16.9 Å². The van der Waals surface area contributed by atoms with E-state index in [9.17, 15) is 21.6 Å². The van der Waals surface area contributed by atoms with E-state index in [0.29, 0.717) is 0 Å². The van der Waals surface area contributed by atoms with E-state index in [-0.39, 0.29) is 21.8 Å². The van der Waals surface area contributed by atoms with E-state index < -0.39 is 22.1 Å². The van der Waals surface area contributed by atoms with Crippen molar-refractivity contribution < 1.29 is 26.3 Å². The molecule has 1 aromatic carbocycles. The minimum absolute atomic E-state index is 0.0273. The van der Waals surface area contributed by atoms with Gasteiger partial charge < -0.3 is 4.74 Å². The lowest BCUT2D eigenvalue weighted by Gasteiger charge is -2.15. The van der Waals surface area contributed by atoms with E-state index in [0.717, 1.165) is 12.3 Å². The Morgan fingerprint density at radius 2 is 1.91 bits per heavy atom. The van der Waals surface area contributed by atoms with Gasteiger partial charge in [0.1, 0.15) is 5.75 Å². The quantitative estimate of drug-likeness (QED) is 0.896. The predicted octanol–water partition coefficient (Wildman–Crippen LogP) is 3.67. The number of anilines is 1. The Balaban J connectivity index is 2.56. The summed E-state index contributed by atoms with van der Waals surface area (Å²) < 4.78 is 66.2. The third-order valence-corrected chi connectivity index (χ3v) is 3.50. The van der Waals surface area contributed by atoms with Gasteiger partial charge in [0.25, 0.3) is 0 Å². The third-order valence-electron chi connectivity index (χ3n) is 2.57. The number of rotatable bonds is 4. The second kappa shape index (κ2) is 6.25. The van der Waals surface area contributed by atoms with E-state index in [1.54, 1.807) is 0 Å². The maximum absolute atomic E-state index is 12.6. The SMILES string of the molecule is CS(=O)(=O)Nc1ccc(-c2cnccc2Cl)c(OC(F)(F)F)c1. The zero-order chi connectivity index (χ0) is 17.3. The Morgan fingerprint density at radius 3 is 2.48 bits per heavy atom. The fourth-order valence-corrected chi connectivity index (χ4v) is 2.57. The van der Waals surface area contributed by atoms with Crippen LogP contribution in [0.15, 0.2) is 36.7 Å². The van der Waals surface area contributed by atoms with Crippen LogP contribution < -0.4 is 9.46 Å². The predicted molar refractivity (Wildman–Crippen MR) is 79.8 cm³/mol. The van der Waals surface area contributed by atoms with Crippen molar-refractivity contribution in [2.75, 3.05) is 11.0 Å². The van der Waals surface area contributed by atoms with Crippen LogP contribution in [0.25, 0.3) is 11.1 Å². The van der Waals surface area contributed by atoms with Crippen molar-refractivity contribution in [3.05, 3.63) is 41.7 Å². The molecule has 0 amide bonds. The minimum Gasteiger partial charge on any atom is -0.405 e. The molecule has 0 saturated carbocycles. The number of halogens is 4. The van der Waals surface area contributed by atoms with Gasteiger partial charge in [-0.05, 0) is 18.2 Å². The highest BCUT2D eigenvalue weighted by molar-refractivity contribution is 7.92. The fourth-order valence-electron chi connectivity index (χ4n) is 1.81. The highest BCUT2D eigenvalue weighted by atomic mass is 35.5. The Bertz CT molecular complexity index is 825. The van der Waals surface area contributed by atoms with Crippen molar-refractivity contribution >= 4 is 27.3 Å². The van der Waals surface area contributed by atoms with E-state index in [1.165, 1.54) is 30.6 Å². The number of sulfonamides is 1. The number of nitrogens with one attached hydrogen (secondary N) is 1. The molecule has 2 aromatic rings. The number of pyridine rings is 1. The lowest BCUT2D eigenvalue weighted by Crippen LogP contribution is -2.18. The molecular formula is C13H10ClF3N2O3S. The van der Waals surface area contributed by atoms with Crippen molar-refractivity contribution in [1.82, 2.24) is 4.98 Å². The molecule has 0 unspecified atom stereocenters. The van der Waals surface area contributed by atoms with Crippen LogP contribution in [0.1, 0.15) is 0 Å². The van der Waals surface area contributed by atoms with E-state index >= 15 is 0 Å². The first kappa shape index (κ1) is 17.4. The van der Waals surface area contributed by atoms with Gasteiger partial charge in [0.15, 0.2) is 0 Å². The Labute approximate surface area is 135 Å². The Morgan fingerprint density at radius 1 is 1.22 bits per heavy atom. The normalized spacial score (nSPS) is 12.0. The van der Waals surface area contributed by atoms with Gasteiger partial charge in [-0.15, -0.1) is 13.2 Å². The van der Waals surface area contributed by atoms with Crippen molar-refractivity contribution in [2.45, 2.75) is 6.36 Å². The molecule has 1 N–H and O–H groups in total. The average Bonchev–Trinajstić information content (AvgIpc) is 2.36. The van der Waals surface area contributed by atoms with E-state index in [2.05, 4.69) is 14.4 Å². The van der Waals surface area contributed by atoms with Crippen LogP contribution in [0, 0.1) is 0 Å². The number of benzene rings is 1. The molecule has 0 aliphatic heterocycles. The van der Waals surface area contributed by atoms with Crippen LogP contribution in [-0.4, -0.2) is 26.0 Å². The molecule has 124 valence electrons. The molecule has 1 heterocycles. The van der Waals surface area contributed by atoms with E-state index in [1.807, 2.05) is 0 Å². The molecule has 0 spiro atoms. The highest BCUT2D eigenvalue weighted by Crippen LogP contribution is 2.38. The molecule has 0 aliphatic rings. The number of hydrogen-bond donors (Lipinski definition) is 1. The maximum Gasteiger partial charge on any atom is 0.573 e. The highest BCUT2D eigenvalue weighted by Gasteiger charge is 2.32. The van der Waals surface area contributed by atoms with Gasteiger partial charge in [-0.1, -0.05) is 11.6 Å². The topological polar surface area (TPSA) is 68.3 Å². The summed E-state index contributed by atoms with van der Waals surface area (Å²) in [7, 11) is -3.65. The van der Waals surface area contributed by atoms with Gasteiger partial charge >= 0.3 is 6.36 Å². The summed E-state index contributed by atoms with van der Waals surface area (Å²) >= 11 is 5.96. The molecule has 0 saturated heterocycles. The zero-order valence-electron chi connectivity index (χ0n) is 11.6. The standard InChI is InChI=1S/C13H10ClF3N2O3S/c1-23(20,21)19-8-2-3-9(10-7-18-5-4-11(10)14)12(6-8)22-13(15,16)17/h2-7,19H,1H3. The molecule has 0 atom stereocenters. The van der Waals surface area contributed by atoms with Crippen LogP contribution in [0.3, 0.4) is 0 Å². The molecular weight excluding hydrogens is 357 g/mol. The molecule has 0 fully saturated rings. The largest absolute Gasteiger partial charge is 0.573 e. The van der Waals surface area contributed by atoms with Crippen LogP contribution in [0.4, 0.5) is 18.9 Å². The van der Waals surface area contributed by atoms with Crippen LogP contribution in [-0.2, 0) is 10.0 Å². The lowest BCUT2D eigenvalue weighted by atomic mass is 10.1. The number of hydrogen-bond acceptors (Lipinski definition) is 4. The smallest absolute Gasteiger partial charge is 0.405 e. The molecule has 5 nitrogen and oxygen atoms in total. The Hall–Kier alpha value is -2.00. The summed E-state index contributed by atoms with van der Waals surface area (Å²) in [6, 6.07) is 4.89. The van der Waals surface area contributed by atoms with Crippen LogP contribution in [0.2, 0.25) is 5.02 Å². The second-order valence-corrected chi connectivity index (χ2v) is 6.64. The summed E-state index contributed by atoms with van der Waals surface area (Å²) in [6.07, 6.45) is -1.41. The lowest BCUT2D eigenvalue weighted by molar-refractivity contribution is -0.274. The molecule has 0 aliphatic carbocycles. The number of alkyl halides is 3. The molecule has 0 radical (unpaired) electrons. The number of aromatic nitrogens is 1. The summed E-state index contributed by atoms with van der Waals surface area (Å²) in [5.41, 5.74) is 0.175. The van der Waals surface area contributed by atoms with Crippen LogP contribution in [0.5, 0.6) is 5.75 Å². The first-order valence-corrected chi connectivity index (χ1v) is 8.29. The monoisotopic (exact) mass is 366 g/mol. The van der Waals surface area contributed by atoms with Crippen LogP contribution >= 0.6 is 11.6 Å². The van der Waals surface area contributed by atoms with E-state index in [4.69, 9.17) is 11.6 Å². The molecule has 0 bridgehead atoms. The van der Waals surface area contributed by atoms with Gasteiger partial charge in [-0.2, -0.15) is 0 Å². The minimum atomic E-state index is -4.95. The van der Waals surface area contributed by atoms with Crippen molar-refractivity contribution in [3.63, 3.8) is 0 Å². The summed E-state index contributed by atoms with van der Waals surface area (Å²) in [4.78, 5) is 3.81. The summed E-state index contributed by atoms with van der Waals surface area (Å²) in [5, 5.41) is 0.177. The number of ether oxygens (including phenoxy) is 1. The number of nitrogens with zero attached hydrogens (tertiary/aromatic N) is 1. The second-order valence-electron chi connectivity index (χ2n) is 4.49. The van der Waals surface area contributed by atoms with Gasteiger partial charge in [0, 0.05) is 29.6 Å². The molecule has 1 aromatic heterocycles. The van der Waals surface area contributed by atoms with Gasteiger partial charge in [-0.25, -0.2) is 8.42 Å². The fraction of sp³-hybridized carbons (Fsp3) is 0.154. The van der Waals surface area contributed by atoms with Gasteiger partial charge in [-0.3, -0.25) is 9.71 Å². The average molecular weight is 367 g/mol. The van der Waals surface area contributed by atoms with Gasteiger partial charge in [0.05, 0.1) is 17.0 Å². The van der Waals surface area contributed by atoms with Gasteiger partial charge in [0.2, 0.25) is 10.0 Å². The maximum atomic E-state index is 12.6. The summed E-state index contributed by atoms with van der Waals surface area (Å²) in [6.45, 7) is 0. The first-order valence-electron chi connectivity index (χ1n) is 6.02. The third kappa shape index (κ3) is 5.00. The first-order chi connectivity index (χ1) is 10.6. The molecule has 23 heavy (non-hydrogen) atoms. The molecule has 2 rings (SSSR count). The zero-order valence-corrected chi connectivity index (χ0v) is 13.1. The Kier molecular flexibility index (Phi) is 4.71.